The number of unbranched alkanes of at least 4 members (excludes halogenated alkanes) is 3. The molecule has 18 heavy (non-hydrogen) atoms. The Morgan fingerprint density at radius 3 is 2.33 bits per heavy atom. The molecule has 0 radical (unpaired) electrons. The minimum atomic E-state index is 0. The molecule has 3 nitrogen and oxygen atoms in total. The van der Waals surface area contributed by atoms with E-state index in [0.29, 0.717) is 0 Å². The van der Waals surface area contributed by atoms with Gasteiger partial charge in [-0.1, -0.05) is 40.0 Å². The van der Waals surface area contributed by atoms with E-state index in [1.54, 1.807) is 0 Å². The van der Waals surface area contributed by atoms with Gasteiger partial charge in [-0.25, -0.2) is 0 Å². The highest BCUT2D eigenvalue weighted by Gasteiger charge is 2.14. The highest BCUT2D eigenvalue weighted by Crippen LogP contribution is 2.04. The van der Waals surface area contributed by atoms with Crippen molar-refractivity contribution in [2.24, 2.45) is 0 Å². The summed E-state index contributed by atoms with van der Waals surface area (Å²) in [5, 5.41) is 4.67. The third kappa shape index (κ3) is 5.85. The molecule has 0 saturated carbocycles. The van der Waals surface area contributed by atoms with Crippen LogP contribution in [0.2, 0.25) is 0 Å². The van der Waals surface area contributed by atoms with E-state index in [-0.39, 0.29) is 12.4 Å². The lowest BCUT2D eigenvalue weighted by Gasteiger charge is -1.96. The number of nitrogens with zero attached hydrogens (tertiary/aromatic N) is 3. The molecular formula is C14H28ClN3. The molecule has 0 N–H and O–H groups in total. The van der Waals surface area contributed by atoms with Gasteiger partial charge in [-0.15, -0.1) is 9.36 Å². The van der Waals surface area contributed by atoms with E-state index in [2.05, 4.69) is 41.5 Å². The molecule has 106 valence electrons. The topological polar surface area (TPSA) is 21.7 Å². The number of hydrogen-bond donors (Lipinski definition) is 0. The summed E-state index contributed by atoms with van der Waals surface area (Å²) >= 11 is 0. The van der Waals surface area contributed by atoms with Crippen molar-refractivity contribution < 1.29 is 17.1 Å². The Kier molecular flexibility index (Phi) is 10.0. The quantitative estimate of drug-likeness (QED) is 0.586. The molecule has 4 heteroatoms. The van der Waals surface area contributed by atoms with E-state index in [1.165, 1.54) is 50.6 Å². The largest absolute Gasteiger partial charge is 1.00 e. The molecule has 0 amide bonds. The predicted molar refractivity (Wildman–Crippen MR) is 70.9 cm³/mol. The van der Waals surface area contributed by atoms with Gasteiger partial charge in [0.15, 0.2) is 11.9 Å². The Morgan fingerprint density at radius 2 is 1.72 bits per heavy atom. The molecule has 0 bridgehead atoms. The first-order valence-electron chi connectivity index (χ1n) is 7.28. The second-order valence-electron chi connectivity index (χ2n) is 4.81. The first-order chi connectivity index (χ1) is 8.31. The van der Waals surface area contributed by atoms with Crippen molar-refractivity contribution in [3.05, 3.63) is 11.9 Å². The predicted octanol–water partition coefficient (Wildman–Crippen LogP) is 0.117. The monoisotopic (exact) mass is 273 g/mol. The molecule has 0 aliphatic carbocycles. The molecule has 0 spiro atoms. The summed E-state index contributed by atoms with van der Waals surface area (Å²) in [7, 11) is 0. The van der Waals surface area contributed by atoms with E-state index in [4.69, 9.17) is 0 Å². The van der Waals surface area contributed by atoms with Crippen LogP contribution in [0.4, 0.5) is 0 Å². The number of rotatable bonds is 9. The van der Waals surface area contributed by atoms with Crippen LogP contribution in [0.1, 0.15) is 65.0 Å². The molecule has 1 aromatic heterocycles. The maximum atomic E-state index is 4.67. The van der Waals surface area contributed by atoms with E-state index >= 15 is 0 Å². The molecular weight excluding hydrogens is 246 g/mol. The Labute approximate surface area is 118 Å². The summed E-state index contributed by atoms with van der Waals surface area (Å²) in [6.07, 6.45) is 10.9. The number of aromatic nitrogens is 3. The van der Waals surface area contributed by atoms with Crippen LogP contribution < -0.4 is 17.1 Å². The van der Waals surface area contributed by atoms with Crippen LogP contribution in [0.5, 0.6) is 0 Å². The molecule has 0 aliphatic rings. The van der Waals surface area contributed by atoms with Crippen LogP contribution in [0.3, 0.4) is 0 Å². The van der Waals surface area contributed by atoms with Gasteiger partial charge in [0.05, 0.1) is 5.21 Å². The van der Waals surface area contributed by atoms with Gasteiger partial charge in [0.2, 0.25) is 0 Å². The van der Waals surface area contributed by atoms with Crippen LogP contribution in [0.15, 0.2) is 6.20 Å². The zero-order valence-corrected chi connectivity index (χ0v) is 12.9. The smallest absolute Gasteiger partial charge is 0.167 e. The van der Waals surface area contributed by atoms with Crippen molar-refractivity contribution in [3.8, 4) is 0 Å². The number of halogens is 1. The van der Waals surface area contributed by atoms with Gasteiger partial charge in [0.1, 0.15) is 13.1 Å². The summed E-state index contributed by atoms with van der Waals surface area (Å²) in [6, 6.07) is 0. The van der Waals surface area contributed by atoms with Crippen LogP contribution in [-0.2, 0) is 19.5 Å². The minimum Gasteiger partial charge on any atom is -1.00 e. The summed E-state index contributed by atoms with van der Waals surface area (Å²) < 4.78 is 4.35. The van der Waals surface area contributed by atoms with Gasteiger partial charge in [0, 0.05) is 6.42 Å². The van der Waals surface area contributed by atoms with Crippen LogP contribution in [0.25, 0.3) is 0 Å². The van der Waals surface area contributed by atoms with Crippen molar-refractivity contribution >= 4 is 0 Å². The lowest BCUT2D eigenvalue weighted by molar-refractivity contribution is -0.755. The zero-order valence-electron chi connectivity index (χ0n) is 12.2. The Balaban J connectivity index is 0.00000289. The average Bonchev–Trinajstić information content (AvgIpc) is 2.73. The first-order valence-corrected chi connectivity index (χ1v) is 7.28. The lowest BCUT2D eigenvalue weighted by Crippen LogP contribution is -3.00. The fourth-order valence-electron chi connectivity index (χ4n) is 1.94. The molecule has 0 aliphatic heterocycles. The van der Waals surface area contributed by atoms with E-state index < -0.39 is 0 Å². The fraction of sp³-hybridized carbons (Fsp3) is 0.857. The third-order valence-corrected chi connectivity index (χ3v) is 3.10. The molecule has 1 rings (SSSR count). The molecule has 0 atom stereocenters. The van der Waals surface area contributed by atoms with Gasteiger partial charge in [0.25, 0.3) is 0 Å². The van der Waals surface area contributed by atoms with Crippen LogP contribution in [0, 0.1) is 0 Å². The van der Waals surface area contributed by atoms with Gasteiger partial charge < -0.3 is 12.4 Å². The SMILES string of the molecule is CCCCc1c[n+](CCCC)nn1CCCC.[Cl-]. The van der Waals surface area contributed by atoms with E-state index in [1.807, 2.05) is 0 Å². The lowest BCUT2D eigenvalue weighted by atomic mass is 10.2. The van der Waals surface area contributed by atoms with Gasteiger partial charge in [-0.3, -0.25) is 0 Å². The average molecular weight is 274 g/mol. The third-order valence-electron chi connectivity index (χ3n) is 3.10. The summed E-state index contributed by atoms with van der Waals surface area (Å²) in [5.74, 6) is 0. The molecule has 0 unspecified atom stereocenters. The molecule has 0 aromatic carbocycles. The second kappa shape index (κ2) is 10.4. The van der Waals surface area contributed by atoms with Crippen molar-refractivity contribution in [1.29, 1.82) is 0 Å². The second-order valence-corrected chi connectivity index (χ2v) is 4.81. The highest BCUT2D eigenvalue weighted by molar-refractivity contribution is 4.90. The van der Waals surface area contributed by atoms with Gasteiger partial charge in [-0.2, -0.15) is 0 Å². The summed E-state index contributed by atoms with van der Waals surface area (Å²) in [4.78, 5) is 0. The fourth-order valence-corrected chi connectivity index (χ4v) is 1.94. The molecule has 1 aromatic rings. The Morgan fingerprint density at radius 1 is 1.06 bits per heavy atom. The normalized spacial score (nSPS) is 10.4. The van der Waals surface area contributed by atoms with Gasteiger partial charge >= 0.3 is 0 Å². The Bertz CT molecular complexity index is 284. The maximum absolute atomic E-state index is 4.67. The maximum Gasteiger partial charge on any atom is 0.167 e. The van der Waals surface area contributed by atoms with Crippen LogP contribution >= 0.6 is 0 Å². The Hall–Kier alpha value is -0.570. The molecule has 1 heterocycles. The van der Waals surface area contributed by atoms with Crippen molar-refractivity contribution in [3.63, 3.8) is 0 Å². The first kappa shape index (κ1) is 17.4. The number of hydrogen-bond acceptors (Lipinski definition) is 1. The number of aryl methyl sites for hydroxylation is 3. The highest BCUT2D eigenvalue weighted by atomic mass is 35.5. The van der Waals surface area contributed by atoms with Crippen molar-refractivity contribution in [1.82, 2.24) is 9.90 Å². The standard InChI is InChI=1S/C14H28N3.ClH/c1-4-7-10-14-13-16(11-8-5-2)15-17(14)12-9-6-3;/h13H,4-12H2,1-3H3;1H/q+1;/p-1. The van der Waals surface area contributed by atoms with E-state index in [0.717, 1.165) is 13.1 Å². The minimum absolute atomic E-state index is 0. The van der Waals surface area contributed by atoms with E-state index in [9.17, 15) is 0 Å². The zero-order chi connectivity index (χ0) is 12.5. The summed E-state index contributed by atoms with van der Waals surface area (Å²) in [6.45, 7) is 8.86. The molecule has 0 saturated heterocycles. The summed E-state index contributed by atoms with van der Waals surface area (Å²) in [5.41, 5.74) is 1.41. The van der Waals surface area contributed by atoms with Crippen LogP contribution in [-0.4, -0.2) is 9.90 Å². The van der Waals surface area contributed by atoms with Gasteiger partial charge in [-0.05, 0) is 19.3 Å². The van der Waals surface area contributed by atoms with Crippen molar-refractivity contribution in [2.75, 3.05) is 0 Å². The van der Waals surface area contributed by atoms with Crippen molar-refractivity contribution in [2.45, 2.75) is 78.8 Å². The molecule has 0 fully saturated rings.